The third kappa shape index (κ3) is 1.68. The van der Waals surface area contributed by atoms with Crippen LogP contribution in [0.1, 0.15) is 26.7 Å². The average molecular weight is 143 g/mol. The first-order valence-corrected chi connectivity index (χ1v) is 4.02. The van der Waals surface area contributed by atoms with Crippen LogP contribution >= 0.6 is 0 Å². The molecular weight excluding hydrogens is 126 g/mol. The Morgan fingerprint density at radius 1 is 1.70 bits per heavy atom. The molecule has 3 nitrogen and oxygen atoms in total. The lowest BCUT2D eigenvalue weighted by atomic mass is 10.2. The molecule has 0 radical (unpaired) electrons. The Hall–Kier alpha value is -0.120. The van der Waals surface area contributed by atoms with Gasteiger partial charge < -0.3 is 5.73 Å². The van der Waals surface area contributed by atoms with Crippen molar-refractivity contribution < 1.29 is 0 Å². The molecule has 3 N–H and O–H groups in total. The fraction of sp³-hybridized carbons (Fsp3) is 1.00. The van der Waals surface area contributed by atoms with E-state index in [1.165, 1.54) is 0 Å². The Morgan fingerprint density at radius 3 is 2.80 bits per heavy atom. The van der Waals surface area contributed by atoms with Gasteiger partial charge in [0.15, 0.2) is 0 Å². The Labute approximate surface area is 62.5 Å². The van der Waals surface area contributed by atoms with Gasteiger partial charge in [0.1, 0.15) is 0 Å². The van der Waals surface area contributed by atoms with Crippen molar-refractivity contribution in [1.29, 1.82) is 0 Å². The second-order valence-corrected chi connectivity index (χ2v) is 3.03. The van der Waals surface area contributed by atoms with Crippen LogP contribution in [0.5, 0.6) is 0 Å². The molecule has 1 aliphatic rings. The molecular formula is C7H17N3. The van der Waals surface area contributed by atoms with Crippen LogP contribution < -0.4 is 11.2 Å². The number of nitrogens with one attached hydrogen (secondary N) is 1. The topological polar surface area (TPSA) is 41.3 Å². The maximum Gasteiger partial charge on any atom is 0.0723 e. The summed E-state index contributed by atoms with van der Waals surface area (Å²) in [5.74, 6) is 0. The number of hydrogen-bond acceptors (Lipinski definition) is 3. The summed E-state index contributed by atoms with van der Waals surface area (Å²) in [6.07, 6.45) is 2.46. The molecule has 3 heteroatoms. The zero-order valence-corrected chi connectivity index (χ0v) is 6.80. The van der Waals surface area contributed by atoms with Crippen LogP contribution in [0.4, 0.5) is 0 Å². The van der Waals surface area contributed by atoms with Crippen molar-refractivity contribution in [3.05, 3.63) is 0 Å². The Kier molecular flexibility index (Phi) is 2.65. The van der Waals surface area contributed by atoms with Gasteiger partial charge in [0.25, 0.3) is 0 Å². The first kappa shape index (κ1) is 7.98. The van der Waals surface area contributed by atoms with Crippen molar-refractivity contribution in [3.63, 3.8) is 0 Å². The molecule has 60 valence electrons. The van der Waals surface area contributed by atoms with Gasteiger partial charge in [-0.25, -0.2) is 5.01 Å². The predicted molar refractivity (Wildman–Crippen MR) is 42.2 cm³/mol. The van der Waals surface area contributed by atoms with E-state index in [1.807, 2.05) is 0 Å². The zero-order chi connectivity index (χ0) is 7.56. The minimum Gasteiger partial charge on any atom is -0.315 e. The summed E-state index contributed by atoms with van der Waals surface area (Å²) in [7, 11) is 0. The normalized spacial score (nSPS) is 35.1. The highest BCUT2D eigenvalue weighted by Crippen LogP contribution is 2.09. The molecule has 2 unspecified atom stereocenters. The molecule has 0 spiro atoms. The Morgan fingerprint density at radius 2 is 2.40 bits per heavy atom. The summed E-state index contributed by atoms with van der Waals surface area (Å²) in [6.45, 7) is 5.39. The van der Waals surface area contributed by atoms with E-state index in [9.17, 15) is 0 Å². The first-order valence-electron chi connectivity index (χ1n) is 4.02. The van der Waals surface area contributed by atoms with Crippen LogP contribution in [-0.2, 0) is 0 Å². The van der Waals surface area contributed by atoms with E-state index < -0.39 is 0 Å². The van der Waals surface area contributed by atoms with Crippen LogP contribution in [0.15, 0.2) is 0 Å². The second kappa shape index (κ2) is 3.32. The Bertz CT molecular complexity index is 105. The van der Waals surface area contributed by atoms with Crippen molar-refractivity contribution in [3.8, 4) is 0 Å². The van der Waals surface area contributed by atoms with Crippen LogP contribution in [0.2, 0.25) is 0 Å². The quantitative estimate of drug-likeness (QED) is 0.583. The van der Waals surface area contributed by atoms with Crippen molar-refractivity contribution in [2.45, 2.75) is 38.9 Å². The van der Waals surface area contributed by atoms with Gasteiger partial charge in [-0.1, -0.05) is 6.92 Å². The van der Waals surface area contributed by atoms with Crippen LogP contribution in [0.3, 0.4) is 0 Å². The lowest BCUT2D eigenvalue weighted by Crippen LogP contribution is -2.43. The maximum atomic E-state index is 5.82. The third-order valence-electron chi connectivity index (χ3n) is 1.85. The largest absolute Gasteiger partial charge is 0.315 e. The van der Waals surface area contributed by atoms with Crippen molar-refractivity contribution in [2.24, 2.45) is 5.73 Å². The standard InChI is InChI=1S/C7H17N3/c1-3-4-10-7(8)5-6(2)9-10/h6-7,9H,3-5,8H2,1-2H3. The van der Waals surface area contributed by atoms with E-state index in [1.54, 1.807) is 0 Å². The number of hydrazine groups is 1. The maximum absolute atomic E-state index is 5.82. The number of nitrogens with two attached hydrogens (primary N) is 1. The Balaban J connectivity index is 2.31. The molecule has 1 fully saturated rings. The highest BCUT2D eigenvalue weighted by molar-refractivity contribution is 4.76. The van der Waals surface area contributed by atoms with Gasteiger partial charge in [-0.3, -0.25) is 5.43 Å². The van der Waals surface area contributed by atoms with E-state index >= 15 is 0 Å². The van der Waals surface area contributed by atoms with Crippen LogP contribution in [0.25, 0.3) is 0 Å². The molecule has 0 saturated carbocycles. The van der Waals surface area contributed by atoms with Crippen LogP contribution in [0, 0.1) is 0 Å². The van der Waals surface area contributed by atoms with Crippen LogP contribution in [-0.4, -0.2) is 23.8 Å². The average Bonchev–Trinajstić information content (AvgIpc) is 2.13. The van der Waals surface area contributed by atoms with E-state index in [-0.39, 0.29) is 6.17 Å². The smallest absolute Gasteiger partial charge is 0.0723 e. The first-order chi connectivity index (χ1) is 4.74. The molecule has 0 aromatic carbocycles. The summed E-state index contributed by atoms with van der Waals surface area (Å²) in [5, 5.41) is 2.13. The molecule has 10 heavy (non-hydrogen) atoms. The lowest BCUT2D eigenvalue weighted by Gasteiger charge is -2.19. The number of nitrogens with zero attached hydrogens (tertiary/aromatic N) is 1. The van der Waals surface area contributed by atoms with Crippen molar-refractivity contribution in [1.82, 2.24) is 10.4 Å². The van der Waals surface area contributed by atoms with Gasteiger partial charge >= 0.3 is 0 Å². The molecule has 1 rings (SSSR count). The van der Waals surface area contributed by atoms with Gasteiger partial charge in [-0.05, 0) is 19.8 Å². The SMILES string of the molecule is CCCN1NC(C)CC1N. The third-order valence-corrected chi connectivity index (χ3v) is 1.85. The molecule has 0 bridgehead atoms. The highest BCUT2D eigenvalue weighted by Gasteiger charge is 2.24. The molecule has 2 atom stereocenters. The summed E-state index contributed by atoms with van der Waals surface area (Å²) < 4.78 is 0. The fourth-order valence-corrected chi connectivity index (χ4v) is 1.39. The molecule has 0 aliphatic carbocycles. The number of rotatable bonds is 2. The molecule has 1 saturated heterocycles. The zero-order valence-electron chi connectivity index (χ0n) is 6.80. The van der Waals surface area contributed by atoms with Gasteiger partial charge in [0.2, 0.25) is 0 Å². The van der Waals surface area contributed by atoms with Gasteiger partial charge in [0, 0.05) is 12.6 Å². The van der Waals surface area contributed by atoms with Gasteiger partial charge in [-0.2, -0.15) is 0 Å². The number of hydrogen-bond donors (Lipinski definition) is 2. The lowest BCUT2D eigenvalue weighted by molar-refractivity contribution is 0.183. The second-order valence-electron chi connectivity index (χ2n) is 3.03. The summed E-state index contributed by atoms with van der Waals surface area (Å²) in [4.78, 5) is 0. The van der Waals surface area contributed by atoms with Gasteiger partial charge in [-0.15, -0.1) is 0 Å². The van der Waals surface area contributed by atoms with E-state index in [0.29, 0.717) is 6.04 Å². The van der Waals surface area contributed by atoms with Crippen molar-refractivity contribution in [2.75, 3.05) is 6.54 Å². The summed E-state index contributed by atoms with van der Waals surface area (Å²) in [6, 6.07) is 0.557. The minimum absolute atomic E-state index is 0.231. The van der Waals surface area contributed by atoms with Crippen molar-refractivity contribution >= 4 is 0 Å². The highest BCUT2D eigenvalue weighted by atomic mass is 15.6. The molecule has 1 aliphatic heterocycles. The summed E-state index contributed by atoms with van der Waals surface area (Å²) >= 11 is 0. The fourth-order valence-electron chi connectivity index (χ4n) is 1.39. The van der Waals surface area contributed by atoms with E-state index in [0.717, 1.165) is 19.4 Å². The molecule has 1 heterocycles. The molecule has 0 aromatic heterocycles. The molecule has 0 amide bonds. The minimum atomic E-state index is 0.231. The monoisotopic (exact) mass is 143 g/mol. The molecule has 0 aromatic rings. The van der Waals surface area contributed by atoms with Gasteiger partial charge in [0.05, 0.1) is 6.17 Å². The van der Waals surface area contributed by atoms with E-state index in [2.05, 4.69) is 24.3 Å². The predicted octanol–water partition coefficient (Wildman–Crippen LogP) is 0.280. The van der Waals surface area contributed by atoms with E-state index in [4.69, 9.17) is 5.73 Å². The summed E-state index contributed by atoms with van der Waals surface area (Å²) in [5.41, 5.74) is 9.13.